The minimum Gasteiger partial charge on any atom is -0.461 e. The zero-order chi connectivity index (χ0) is 20.7. The van der Waals surface area contributed by atoms with Gasteiger partial charge in [0, 0.05) is 11.3 Å². The number of rotatable bonds is 9. The van der Waals surface area contributed by atoms with E-state index in [0.29, 0.717) is 11.3 Å². The Hall–Kier alpha value is -1.49. The highest BCUT2D eigenvalue weighted by Crippen LogP contribution is 2.35. The Bertz CT molecular complexity index is 642. The van der Waals surface area contributed by atoms with E-state index in [9.17, 15) is 9.59 Å². The summed E-state index contributed by atoms with van der Waals surface area (Å²) in [4.78, 5) is 27.6. The van der Waals surface area contributed by atoms with Gasteiger partial charge < -0.3 is 9.64 Å². The fraction of sp³-hybridized carbons (Fsp3) is 0.652. The molecule has 0 radical (unpaired) electrons. The maximum Gasteiger partial charge on any atom is 0.330 e. The zero-order valence-electron chi connectivity index (χ0n) is 17.9. The fourth-order valence-electron chi connectivity index (χ4n) is 3.51. The van der Waals surface area contributed by atoms with Crippen molar-refractivity contribution < 1.29 is 14.3 Å². The minimum absolute atomic E-state index is 0.00840. The molecule has 1 heterocycles. The first-order chi connectivity index (χ1) is 13.3. The van der Waals surface area contributed by atoms with E-state index in [1.54, 1.807) is 16.7 Å². The second kappa shape index (κ2) is 10.9. The number of hydrogen-bond acceptors (Lipinski definition) is 4. The molecule has 1 aliphatic heterocycles. The van der Waals surface area contributed by atoms with Gasteiger partial charge in [0.05, 0.1) is 11.5 Å². The van der Waals surface area contributed by atoms with Gasteiger partial charge in [-0.1, -0.05) is 52.2 Å². The molecular formula is C23H35NO3S. The van der Waals surface area contributed by atoms with Crippen molar-refractivity contribution >= 4 is 23.6 Å². The molecule has 1 aromatic rings. The first kappa shape index (κ1) is 22.8. The Morgan fingerprint density at radius 1 is 1.11 bits per heavy atom. The number of aryl methyl sites for hydroxylation is 1. The van der Waals surface area contributed by atoms with E-state index in [1.165, 1.54) is 31.2 Å². The van der Waals surface area contributed by atoms with E-state index in [-0.39, 0.29) is 29.3 Å². The number of unbranched alkanes of at least 4 members (excludes halogenated alkanes) is 3. The van der Waals surface area contributed by atoms with Crippen LogP contribution in [0.2, 0.25) is 0 Å². The van der Waals surface area contributed by atoms with Crippen molar-refractivity contribution in [2.24, 2.45) is 5.92 Å². The quantitative estimate of drug-likeness (QED) is 0.413. The smallest absolute Gasteiger partial charge is 0.330 e. The van der Waals surface area contributed by atoms with Crippen LogP contribution in [0.5, 0.6) is 0 Å². The number of esters is 1. The molecule has 0 N–H and O–H groups in total. The Balaban J connectivity index is 2.12. The monoisotopic (exact) mass is 405 g/mol. The Morgan fingerprint density at radius 2 is 1.79 bits per heavy atom. The standard InChI is InChI=1S/C23H35NO3S/c1-6-7-8-9-10-18-11-13-19(14-12-18)21(25)24-20(23(26)27-17(4)5)15-28-22(24)16(2)3/h11-14,16-17,20,22H,6-10,15H2,1-5H3. The van der Waals surface area contributed by atoms with Crippen molar-refractivity contribution in [3.8, 4) is 0 Å². The van der Waals surface area contributed by atoms with Crippen molar-refractivity contribution in [1.29, 1.82) is 0 Å². The van der Waals surface area contributed by atoms with Gasteiger partial charge in [0.2, 0.25) is 0 Å². The predicted molar refractivity (Wildman–Crippen MR) is 117 cm³/mol. The lowest BCUT2D eigenvalue weighted by Crippen LogP contribution is -2.48. The molecule has 156 valence electrons. The Labute approximate surface area is 174 Å². The van der Waals surface area contributed by atoms with E-state index in [0.717, 1.165) is 6.42 Å². The maximum absolute atomic E-state index is 13.3. The highest BCUT2D eigenvalue weighted by molar-refractivity contribution is 8.00. The maximum atomic E-state index is 13.3. The number of nitrogens with zero attached hydrogens (tertiary/aromatic N) is 1. The summed E-state index contributed by atoms with van der Waals surface area (Å²) in [7, 11) is 0. The van der Waals surface area contributed by atoms with Gasteiger partial charge >= 0.3 is 5.97 Å². The molecule has 0 aliphatic carbocycles. The lowest BCUT2D eigenvalue weighted by atomic mass is 10.0. The summed E-state index contributed by atoms with van der Waals surface area (Å²) in [6, 6.07) is 7.40. The predicted octanol–water partition coefficient (Wildman–Crippen LogP) is 5.30. The molecule has 2 rings (SSSR count). The van der Waals surface area contributed by atoms with Crippen LogP contribution >= 0.6 is 11.8 Å². The summed E-state index contributed by atoms with van der Waals surface area (Å²) in [6.45, 7) is 10.1. The lowest BCUT2D eigenvalue weighted by Gasteiger charge is -2.31. The van der Waals surface area contributed by atoms with Crippen LogP contribution in [0.15, 0.2) is 24.3 Å². The van der Waals surface area contributed by atoms with Crippen molar-refractivity contribution in [2.75, 3.05) is 5.75 Å². The fourth-order valence-corrected chi connectivity index (χ4v) is 4.97. The number of ether oxygens (including phenoxy) is 1. The summed E-state index contributed by atoms with van der Waals surface area (Å²) in [5, 5.41) is -0.00840. The van der Waals surface area contributed by atoms with Crippen molar-refractivity contribution in [3.05, 3.63) is 35.4 Å². The number of carbonyl (C=O) groups is 2. The molecule has 0 aromatic heterocycles. The normalized spacial score (nSPS) is 19.5. The van der Waals surface area contributed by atoms with Gasteiger partial charge in [0.15, 0.2) is 0 Å². The van der Waals surface area contributed by atoms with Gasteiger partial charge in [-0.15, -0.1) is 11.8 Å². The Kier molecular flexibility index (Phi) is 8.87. The van der Waals surface area contributed by atoms with E-state index in [1.807, 2.05) is 38.1 Å². The van der Waals surface area contributed by atoms with Crippen LogP contribution in [0.3, 0.4) is 0 Å². The highest BCUT2D eigenvalue weighted by atomic mass is 32.2. The molecule has 1 saturated heterocycles. The third-order valence-corrected chi connectivity index (χ3v) is 6.60. The minimum atomic E-state index is -0.513. The summed E-state index contributed by atoms with van der Waals surface area (Å²) in [6.07, 6.45) is 5.80. The van der Waals surface area contributed by atoms with Crippen LogP contribution in [0, 0.1) is 5.92 Å². The van der Waals surface area contributed by atoms with Crippen LogP contribution in [0.1, 0.15) is 76.2 Å². The molecule has 28 heavy (non-hydrogen) atoms. The van der Waals surface area contributed by atoms with Crippen LogP contribution in [0.4, 0.5) is 0 Å². The molecule has 4 nitrogen and oxygen atoms in total. The van der Waals surface area contributed by atoms with Gasteiger partial charge in [0.1, 0.15) is 6.04 Å². The Morgan fingerprint density at radius 3 is 2.36 bits per heavy atom. The summed E-state index contributed by atoms with van der Waals surface area (Å²) in [5.41, 5.74) is 1.91. The summed E-state index contributed by atoms with van der Waals surface area (Å²) >= 11 is 1.67. The van der Waals surface area contributed by atoms with Crippen LogP contribution in [0.25, 0.3) is 0 Å². The van der Waals surface area contributed by atoms with Crippen molar-refractivity contribution in [1.82, 2.24) is 4.90 Å². The topological polar surface area (TPSA) is 46.6 Å². The number of hydrogen-bond donors (Lipinski definition) is 0. The molecular weight excluding hydrogens is 370 g/mol. The van der Waals surface area contributed by atoms with Gasteiger partial charge in [-0.05, 0) is 50.3 Å². The van der Waals surface area contributed by atoms with Crippen molar-refractivity contribution in [2.45, 2.75) is 84.2 Å². The number of carbonyl (C=O) groups excluding carboxylic acids is 2. The second-order valence-electron chi connectivity index (χ2n) is 8.19. The third-order valence-electron chi connectivity index (χ3n) is 4.98. The molecule has 0 bridgehead atoms. The number of benzene rings is 1. The second-order valence-corrected chi connectivity index (χ2v) is 9.34. The van der Waals surface area contributed by atoms with Crippen LogP contribution in [-0.2, 0) is 16.0 Å². The molecule has 1 fully saturated rings. The molecule has 1 aromatic carbocycles. The third kappa shape index (κ3) is 6.00. The van der Waals surface area contributed by atoms with E-state index in [2.05, 4.69) is 20.8 Å². The molecule has 5 heteroatoms. The van der Waals surface area contributed by atoms with Crippen molar-refractivity contribution in [3.63, 3.8) is 0 Å². The van der Waals surface area contributed by atoms with Gasteiger partial charge in [-0.25, -0.2) is 4.79 Å². The molecule has 2 atom stereocenters. The summed E-state index contributed by atoms with van der Waals surface area (Å²) < 4.78 is 5.42. The molecule has 1 aliphatic rings. The lowest BCUT2D eigenvalue weighted by molar-refractivity contribution is -0.152. The average Bonchev–Trinajstić information content (AvgIpc) is 3.10. The molecule has 2 unspecified atom stereocenters. The van der Waals surface area contributed by atoms with Gasteiger partial charge in [-0.2, -0.15) is 0 Å². The van der Waals surface area contributed by atoms with Crippen LogP contribution < -0.4 is 0 Å². The first-order valence-corrected chi connectivity index (χ1v) is 11.6. The zero-order valence-corrected chi connectivity index (χ0v) is 18.8. The van der Waals surface area contributed by atoms with Gasteiger partial charge in [0.25, 0.3) is 5.91 Å². The first-order valence-electron chi connectivity index (χ1n) is 10.6. The van der Waals surface area contributed by atoms with Gasteiger partial charge in [-0.3, -0.25) is 4.79 Å². The largest absolute Gasteiger partial charge is 0.461 e. The van der Waals surface area contributed by atoms with Crippen LogP contribution in [-0.4, -0.2) is 40.0 Å². The average molecular weight is 406 g/mol. The molecule has 0 spiro atoms. The molecule has 0 saturated carbocycles. The van der Waals surface area contributed by atoms with E-state index >= 15 is 0 Å². The van der Waals surface area contributed by atoms with E-state index < -0.39 is 6.04 Å². The number of amides is 1. The number of thioether (sulfide) groups is 1. The van der Waals surface area contributed by atoms with E-state index in [4.69, 9.17) is 4.74 Å². The summed E-state index contributed by atoms with van der Waals surface area (Å²) in [5.74, 6) is 0.484. The molecule has 1 amide bonds. The SMILES string of the molecule is CCCCCCc1ccc(C(=O)N2C(C(=O)OC(C)C)CSC2C(C)C)cc1. The highest BCUT2D eigenvalue weighted by Gasteiger charge is 2.44.